The summed E-state index contributed by atoms with van der Waals surface area (Å²) in [5.74, 6) is 0. The Kier molecular flexibility index (Phi) is 3.59. The largest absolute Gasteiger partial charge is 0.387 e. The first-order chi connectivity index (χ1) is 7.66. The Balaban J connectivity index is 2.14. The molecule has 0 saturated carbocycles. The summed E-state index contributed by atoms with van der Waals surface area (Å²) in [7, 11) is 0. The zero-order chi connectivity index (χ0) is 11.5. The second kappa shape index (κ2) is 4.95. The summed E-state index contributed by atoms with van der Waals surface area (Å²) in [5, 5.41) is 10.8. The van der Waals surface area contributed by atoms with Gasteiger partial charge in [-0.25, -0.2) is 4.98 Å². The molecule has 1 N–H and O–H groups in total. The Labute approximate surface area is 104 Å². The summed E-state index contributed by atoms with van der Waals surface area (Å²) in [4.78, 5) is 5.06. The van der Waals surface area contributed by atoms with Crippen molar-refractivity contribution in [3.63, 3.8) is 0 Å². The lowest BCUT2D eigenvalue weighted by molar-refractivity contribution is 0.181. The maximum atomic E-state index is 10.1. The second-order valence-electron chi connectivity index (χ2n) is 3.65. The highest BCUT2D eigenvalue weighted by atomic mass is 35.5. The summed E-state index contributed by atoms with van der Waals surface area (Å²) < 4.78 is 0. The van der Waals surface area contributed by atoms with Gasteiger partial charge in [-0.05, 0) is 24.6 Å². The Bertz CT molecular complexity index is 483. The van der Waals surface area contributed by atoms with Crippen LogP contribution < -0.4 is 0 Å². The molecule has 0 fully saturated rings. The lowest BCUT2D eigenvalue weighted by Gasteiger charge is -2.09. The fourth-order valence-corrected chi connectivity index (χ4v) is 2.61. The molecule has 1 heterocycles. The molecule has 0 radical (unpaired) electrons. The number of benzene rings is 1. The van der Waals surface area contributed by atoms with Crippen LogP contribution in [0.1, 0.15) is 22.2 Å². The van der Waals surface area contributed by atoms with E-state index in [1.165, 1.54) is 11.3 Å². The summed E-state index contributed by atoms with van der Waals surface area (Å²) >= 11 is 7.38. The number of aromatic nitrogens is 1. The Morgan fingerprint density at radius 1 is 1.50 bits per heavy atom. The van der Waals surface area contributed by atoms with E-state index in [-0.39, 0.29) is 0 Å². The van der Waals surface area contributed by atoms with E-state index in [0.717, 1.165) is 16.1 Å². The number of hydrogen-bond donors (Lipinski definition) is 1. The molecule has 0 spiro atoms. The molecule has 16 heavy (non-hydrogen) atoms. The normalized spacial score (nSPS) is 12.7. The van der Waals surface area contributed by atoms with Crippen LogP contribution >= 0.6 is 22.9 Å². The summed E-state index contributed by atoms with van der Waals surface area (Å²) in [5.41, 5.74) is 3.69. The molecule has 4 heteroatoms. The van der Waals surface area contributed by atoms with Crippen molar-refractivity contribution in [1.29, 1.82) is 0 Å². The number of aliphatic hydroxyl groups is 1. The van der Waals surface area contributed by atoms with Crippen LogP contribution in [0, 0.1) is 6.92 Å². The minimum absolute atomic E-state index is 0.494. The highest BCUT2D eigenvalue weighted by Crippen LogP contribution is 2.25. The van der Waals surface area contributed by atoms with Crippen molar-refractivity contribution in [3.05, 3.63) is 50.9 Å². The van der Waals surface area contributed by atoms with E-state index >= 15 is 0 Å². The first-order valence-corrected chi connectivity index (χ1v) is 6.25. The smallest absolute Gasteiger partial charge is 0.0940 e. The van der Waals surface area contributed by atoms with Crippen molar-refractivity contribution in [2.45, 2.75) is 19.4 Å². The molecule has 0 saturated heterocycles. The fourth-order valence-electron chi connectivity index (χ4n) is 1.61. The molecule has 0 aliphatic heterocycles. The van der Waals surface area contributed by atoms with Crippen LogP contribution in [0.5, 0.6) is 0 Å². The average molecular weight is 254 g/mol. The number of rotatable bonds is 3. The van der Waals surface area contributed by atoms with Gasteiger partial charge in [-0.2, -0.15) is 0 Å². The number of aliphatic hydroxyl groups excluding tert-OH is 1. The van der Waals surface area contributed by atoms with Crippen molar-refractivity contribution < 1.29 is 5.11 Å². The molecule has 84 valence electrons. The first-order valence-electron chi connectivity index (χ1n) is 4.99. The third-order valence-corrected chi connectivity index (χ3v) is 3.67. The van der Waals surface area contributed by atoms with Gasteiger partial charge in [0.15, 0.2) is 0 Å². The quantitative estimate of drug-likeness (QED) is 0.910. The van der Waals surface area contributed by atoms with Gasteiger partial charge in [0.1, 0.15) is 0 Å². The van der Waals surface area contributed by atoms with Crippen molar-refractivity contribution in [1.82, 2.24) is 4.98 Å². The monoisotopic (exact) mass is 253 g/mol. The third kappa shape index (κ3) is 2.61. The highest BCUT2D eigenvalue weighted by molar-refractivity contribution is 7.09. The lowest BCUT2D eigenvalue weighted by atomic mass is 10.1. The van der Waals surface area contributed by atoms with Crippen molar-refractivity contribution >= 4 is 22.9 Å². The van der Waals surface area contributed by atoms with Gasteiger partial charge < -0.3 is 5.11 Å². The highest BCUT2D eigenvalue weighted by Gasteiger charge is 2.13. The standard InChI is InChI=1S/C12H12ClNOS/c1-8-12(16-7-14-8)11(15)6-9-3-2-4-10(13)5-9/h2-5,7,11,15H,6H2,1H3. The van der Waals surface area contributed by atoms with Crippen molar-refractivity contribution in [3.8, 4) is 0 Å². The number of halogens is 1. The van der Waals surface area contributed by atoms with E-state index in [2.05, 4.69) is 4.98 Å². The summed E-state index contributed by atoms with van der Waals surface area (Å²) in [6, 6.07) is 7.56. The minimum Gasteiger partial charge on any atom is -0.387 e. The maximum absolute atomic E-state index is 10.1. The molecular weight excluding hydrogens is 242 g/mol. The van der Waals surface area contributed by atoms with Crippen LogP contribution in [0.4, 0.5) is 0 Å². The van der Waals surface area contributed by atoms with Gasteiger partial charge in [0.25, 0.3) is 0 Å². The number of hydrogen-bond acceptors (Lipinski definition) is 3. The lowest BCUT2D eigenvalue weighted by Crippen LogP contribution is -2.01. The predicted octanol–water partition coefficient (Wildman–Crippen LogP) is 3.38. The van der Waals surface area contributed by atoms with Gasteiger partial charge in [0, 0.05) is 11.4 Å². The Morgan fingerprint density at radius 3 is 2.94 bits per heavy atom. The van der Waals surface area contributed by atoms with E-state index in [4.69, 9.17) is 11.6 Å². The van der Waals surface area contributed by atoms with Gasteiger partial charge in [0.2, 0.25) is 0 Å². The molecule has 2 aromatic rings. The second-order valence-corrected chi connectivity index (χ2v) is 4.97. The average Bonchev–Trinajstić information content (AvgIpc) is 2.64. The summed E-state index contributed by atoms with van der Waals surface area (Å²) in [6.45, 7) is 1.91. The SMILES string of the molecule is Cc1ncsc1C(O)Cc1cccc(Cl)c1. The van der Waals surface area contributed by atoms with Gasteiger partial charge in [-0.3, -0.25) is 0 Å². The van der Waals surface area contributed by atoms with Crippen LogP contribution in [0.3, 0.4) is 0 Å². The third-order valence-electron chi connectivity index (χ3n) is 2.40. The van der Waals surface area contributed by atoms with E-state index < -0.39 is 6.10 Å². The molecule has 2 rings (SSSR count). The molecule has 0 bridgehead atoms. The van der Waals surface area contributed by atoms with Crippen LogP contribution in [0.2, 0.25) is 5.02 Å². The van der Waals surface area contributed by atoms with Gasteiger partial charge in [0.05, 0.1) is 22.2 Å². The van der Waals surface area contributed by atoms with E-state index in [0.29, 0.717) is 11.4 Å². The summed E-state index contributed by atoms with van der Waals surface area (Å²) in [6.07, 6.45) is 0.0785. The van der Waals surface area contributed by atoms with Gasteiger partial charge >= 0.3 is 0 Å². The molecule has 1 aromatic carbocycles. The first kappa shape index (κ1) is 11.6. The van der Waals surface area contributed by atoms with Crippen LogP contribution in [-0.4, -0.2) is 10.1 Å². The van der Waals surface area contributed by atoms with E-state index in [9.17, 15) is 5.11 Å². The topological polar surface area (TPSA) is 33.1 Å². The number of thiazole rings is 1. The van der Waals surface area contributed by atoms with Gasteiger partial charge in [-0.1, -0.05) is 23.7 Å². The maximum Gasteiger partial charge on any atom is 0.0940 e. The van der Waals surface area contributed by atoms with Crippen molar-refractivity contribution in [2.24, 2.45) is 0 Å². The fraction of sp³-hybridized carbons (Fsp3) is 0.250. The molecule has 1 atom stereocenters. The molecule has 0 aliphatic rings. The predicted molar refractivity (Wildman–Crippen MR) is 67.0 cm³/mol. The zero-order valence-electron chi connectivity index (χ0n) is 8.85. The van der Waals surface area contributed by atoms with Crippen LogP contribution in [-0.2, 0) is 6.42 Å². The molecule has 2 nitrogen and oxygen atoms in total. The van der Waals surface area contributed by atoms with Crippen LogP contribution in [0.25, 0.3) is 0 Å². The molecule has 1 aromatic heterocycles. The van der Waals surface area contributed by atoms with E-state index in [1.807, 2.05) is 31.2 Å². The minimum atomic E-state index is -0.494. The Hall–Kier alpha value is -0.900. The van der Waals surface area contributed by atoms with Gasteiger partial charge in [-0.15, -0.1) is 11.3 Å². The molecule has 0 aliphatic carbocycles. The number of aryl methyl sites for hydroxylation is 1. The molecule has 0 amide bonds. The molecular formula is C12H12ClNOS. The van der Waals surface area contributed by atoms with Crippen molar-refractivity contribution in [2.75, 3.05) is 0 Å². The zero-order valence-corrected chi connectivity index (χ0v) is 10.4. The Morgan fingerprint density at radius 2 is 2.31 bits per heavy atom. The molecule has 1 unspecified atom stereocenters. The van der Waals surface area contributed by atoms with Crippen LogP contribution in [0.15, 0.2) is 29.8 Å². The number of nitrogens with zero attached hydrogens (tertiary/aromatic N) is 1. The van der Waals surface area contributed by atoms with E-state index in [1.54, 1.807) is 5.51 Å².